The topological polar surface area (TPSA) is 41.4 Å². The van der Waals surface area contributed by atoms with E-state index in [-0.39, 0.29) is 18.1 Å². The number of nitrogens with zero attached hydrogens (tertiary/aromatic N) is 4. The van der Waals surface area contributed by atoms with Crippen molar-refractivity contribution >= 4 is 5.91 Å². The lowest BCUT2D eigenvalue weighted by Gasteiger charge is -2.25. The Kier molecular flexibility index (Phi) is 5.53. The number of hydrogen-bond donors (Lipinski definition) is 0. The van der Waals surface area contributed by atoms with Crippen LogP contribution in [0.1, 0.15) is 30.5 Å². The average Bonchev–Trinajstić information content (AvgIpc) is 3.30. The summed E-state index contributed by atoms with van der Waals surface area (Å²) in [6.45, 7) is 5.57. The van der Waals surface area contributed by atoms with E-state index in [0.717, 1.165) is 25.2 Å². The van der Waals surface area contributed by atoms with Crippen molar-refractivity contribution in [3.63, 3.8) is 0 Å². The molecule has 1 fully saturated rings. The van der Waals surface area contributed by atoms with Crippen LogP contribution in [-0.4, -0.2) is 51.7 Å². The number of amides is 1. The zero-order valence-corrected chi connectivity index (χ0v) is 15.7. The Labute approximate surface area is 159 Å². The minimum atomic E-state index is -0.309. The van der Waals surface area contributed by atoms with Gasteiger partial charge in [0.25, 0.3) is 0 Å². The molecule has 27 heavy (non-hydrogen) atoms. The molecule has 2 aromatic rings. The van der Waals surface area contributed by atoms with E-state index < -0.39 is 0 Å². The van der Waals surface area contributed by atoms with E-state index in [1.807, 2.05) is 15.6 Å². The van der Waals surface area contributed by atoms with Crippen molar-refractivity contribution in [2.75, 3.05) is 26.2 Å². The monoisotopic (exact) mass is 370 g/mol. The molecule has 144 valence electrons. The molecule has 3 heterocycles. The van der Waals surface area contributed by atoms with Crippen LogP contribution < -0.4 is 0 Å². The highest BCUT2D eigenvalue weighted by Gasteiger charge is 2.26. The fourth-order valence-corrected chi connectivity index (χ4v) is 4.19. The van der Waals surface area contributed by atoms with Gasteiger partial charge in [-0.1, -0.05) is 18.2 Å². The Morgan fingerprint density at radius 3 is 2.78 bits per heavy atom. The summed E-state index contributed by atoms with van der Waals surface area (Å²) >= 11 is 0. The molecule has 2 aliphatic rings. The second kappa shape index (κ2) is 8.21. The number of carbonyl (C=O) groups excluding carboxylic acids is 1. The third kappa shape index (κ3) is 4.38. The van der Waals surface area contributed by atoms with Gasteiger partial charge in [-0.05, 0) is 62.5 Å². The second-order valence-electron chi connectivity index (χ2n) is 7.75. The molecular weight excluding hydrogens is 343 g/mol. The Morgan fingerprint density at radius 1 is 1.15 bits per heavy atom. The number of fused-ring (bicyclic) bond motifs is 1. The van der Waals surface area contributed by atoms with E-state index >= 15 is 0 Å². The lowest BCUT2D eigenvalue weighted by atomic mass is 10.0. The molecule has 0 N–H and O–H groups in total. The average molecular weight is 370 g/mol. The van der Waals surface area contributed by atoms with Gasteiger partial charge in [-0.3, -0.25) is 9.48 Å². The van der Waals surface area contributed by atoms with E-state index in [1.165, 1.54) is 32.0 Å². The first-order valence-corrected chi connectivity index (χ1v) is 9.93. The van der Waals surface area contributed by atoms with Crippen LogP contribution in [0.4, 0.5) is 4.39 Å². The third-order valence-electron chi connectivity index (χ3n) is 5.77. The highest BCUT2D eigenvalue weighted by Crippen LogP contribution is 2.21. The van der Waals surface area contributed by atoms with Crippen molar-refractivity contribution in [2.24, 2.45) is 5.92 Å². The van der Waals surface area contributed by atoms with Crippen LogP contribution in [0, 0.1) is 11.7 Å². The molecule has 0 radical (unpaired) electrons. The number of benzene rings is 1. The van der Waals surface area contributed by atoms with Gasteiger partial charge in [-0.2, -0.15) is 5.10 Å². The van der Waals surface area contributed by atoms with Crippen LogP contribution in [0.5, 0.6) is 0 Å². The molecule has 1 saturated heterocycles. The van der Waals surface area contributed by atoms with Crippen molar-refractivity contribution < 1.29 is 9.18 Å². The molecule has 0 spiro atoms. The molecule has 1 atom stereocenters. The first kappa shape index (κ1) is 18.2. The lowest BCUT2D eigenvalue weighted by Crippen LogP contribution is -2.36. The maximum Gasteiger partial charge on any atom is 0.227 e. The molecule has 1 unspecified atom stereocenters. The molecule has 1 aromatic heterocycles. The Morgan fingerprint density at radius 2 is 1.96 bits per heavy atom. The molecule has 6 heteroatoms. The highest BCUT2D eigenvalue weighted by atomic mass is 19.1. The normalized spacial score (nSPS) is 20.5. The first-order valence-electron chi connectivity index (χ1n) is 9.93. The summed E-state index contributed by atoms with van der Waals surface area (Å²) in [5, 5.41) is 4.44. The van der Waals surface area contributed by atoms with E-state index in [4.69, 9.17) is 0 Å². The van der Waals surface area contributed by atoms with Crippen LogP contribution in [0.2, 0.25) is 0 Å². The van der Waals surface area contributed by atoms with E-state index in [1.54, 1.807) is 24.4 Å². The van der Waals surface area contributed by atoms with Crippen molar-refractivity contribution in [1.82, 2.24) is 19.6 Å². The van der Waals surface area contributed by atoms with Gasteiger partial charge < -0.3 is 9.80 Å². The third-order valence-corrected chi connectivity index (χ3v) is 5.77. The predicted molar refractivity (Wildman–Crippen MR) is 102 cm³/mol. The van der Waals surface area contributed by atoms with E-state index in [9.17, 15) is 9.18 Å². The maximum atomic E-state index is 14.0. The minimum Gasteiger partial charge on any atom is -0.336 e. The lowest BCUT2D eigenvalue weighted by molar-refractivity contribution is -0.131. The summed E-state index contributed by atoms with van der Waals surface area (Å²) < 4.78 is 16.0. The molecule has 4 rings (SSSR count). The van der Waals surface area contributed by atoms with Crippen LogP contribution in [0.25, 0.3) is 0 Å². The number of carbonyl (C=O) groups is 1. The summed E-state index contributed by atoms with van der Waals surface area (Å²) in [5.41, 5.74) is 1.52. The summed E-state index contributed by atoms with van der Waals surface area (Å²) in [6.07, 6.45) is 5.56. The second-order valence-corrected chi connectivity index (χ2v) is 7.75. The number of likely N-dealkylation sites (tertiary alicyclic amines) is 1. The molecule has 1 aromatic carbocycles. The fourth-order valence-electron chi connectivity index (χ4n) is 4.19. The van der Waals surface area contributed by atoms with Gasteiger partial charge in [0.05, 0.1) is 18.7 Å². The van der Waals surface area contributed by atoms with Gasteiger partial charge in [-0.15, -0.1) is 0 Å². The summed E-state index contributed by atoms with van der Waals surface area (Å²) in [7, 11) is 0. The van der Waals surface area contributed by atoms with Gasteiger partial charge in [-0.25, -0.2) is 4.39 Å². The Bertz CT molecular complexity index is 784. The van der Waals surface area contributed by atoms with Crippen molar-refractivity contribution in [2.45, 2.75) is 38.8 Å². The van der Waals surface area contributed by atoms with Gasteiger partial charge in [0.1, 0.15) is 5.82 Å². The van der Waals surface area contributed by atoms with Gasteiger partial charge in [0.2, 0.25) is 5.91 Å². The van der Waals surface area contributed by atoms with Crippen LogP contribution in [0.15, 0.2) is 36.5 Å². The minimum absolute atomic E-state index is 0.0130. The van der Waals surface area contributed by atoms with Crippen LogP contribution in [-0.2, 0) is 24.3 Å². The smallest absolute Gasteiger partial charge is 0.227 e. The molecular formula is C21H27FN4O. The van der Waals surface area contributed by atoms with Gasteiger partial charge >= 0.3 is 0 Å². The largest absolute Gasteiger partial charge is 0.336 e. The molecule has 1 amide bonds. The molecule has 0 saturated carbocycles. The van der Waals surface area contributed by atoms with Crippen molar-refractivity contribution in [3.05, 3.63) is 53.6 Å². The Hall–Kier alpha value is -2.21. The summed E-state index contributed by atoms with van der Waals surface area (Å²) in [5.74, 6) is 0.0496. The Balaban J connectivity index is 1.45. The molecule has 5 nitrogen and oxygen atoms in total. The summed E-state index contributed by atoms with van der Waals surface area (Å²) in [6, 6.07) is 8.52. The fraction of sp³-hybridized carbons (Fsp3) is 0.524. The number of rotatable bonds is 5. The predicted octanol–water partition coefficient (Wildman–Crippen LogP) is 2.71. The highest BCUT2D eigenvalue weighted by molar-refractivity contribution is 5.78. The number of aromatic nitrogens is 2. The van der Waals surface area contributed by atoms with Crippen LogP contribution in [0.3, 0.4) is 0 Å². The zero-order valence-electron chi connectivity index (χ0n) is 15.7. The van der Waals surface area contributed by atoms with Crippen molar-refractivity contribution in [1.29, 1.82) is 0 Å². The quantitative estimate of drug-likeness (QED) is 0.813. The van der Waals surface area contributed by atoms with Crippen LogP contribution >= 0.6 is 0 Å². The summed E-state index contributed by atoms with van der Waals surface area (Å²) in [4.78, 5) is 17.3. The standard InChI is InChI=1S/C21H27FN4O/c22-20-6-2-1-5-18(20)13-21(27)25-14-17(8-12-24-10-3-4-11-24)15-26-19(16-25)7-9-23-26/h1-2,5-7,9,17H,3-4,8,10-16H2. The number of halogens is 1. The van der Waals surface area contributed by atoms with Gasteiger partial charge in [0.15, 0.2) is 0 Å². The van der Waals surface area contributed by atoms with Crippen molar-refractivity contribution in [3.8, 4) is 0 Å². The molecule has 2 aliphatic heterocycles. The zero-order chi connectivity index (χ0) is 18.6. The number of hydrogen-bond acceptors (Lipinski definition) is 3. The van der Waals surface area contributed by atoms with E-state index in [0.29, 0.717) is 24.6 Å². The molecule has 0 aliphatic carbocycles. The first-order chi connectivity index (χ1) is 13.2. The maximum absolute atomic E-state index is 14.0. The van der Waals surface area contributed by atoms with Gasteiger partial charge in [0, 0.05) is 19.3 Å². The molecule has 0 bridgehead atoms. The SMILES string of the molecule is O=C(Cc1ccccc1F)N1Cc2ccnn2CC(CCN2CCCC2)C1. The van der Waals surface area contributed by atoms with E-state index in [2.05, 4.69) is 10.00 Å².